The van der Waals surface area contributed by atoms with Crippen LogP contribution >= 0.6 is 0 Å². The first-order chi connectivity index (χ1) is 15.1. The Labute approximate surface area is 189 Å². The van der Waals surface area contributed by atoms with Crippen molar-refractivity contribution < 1.29 is 37.1 Å². The monoisotopic (exact) mass is 473 g/mol. The van der Waals surface area contributed by atoms with E-state index in [9.17, 15) is 32.7 Å². The van der Waals surface area contributed by atoms with Gasteiger partial charge in [-0.1, -0.05) is 0 Å². The highest BCUT2D eigenvalue weighted by Gasteiger charge is 2.52. The molecule has 3 rings (SSSR count). The van der Waals surface area contributed by atoms with E-state index in [1.165, 1.54) is 4.90 Å². The Bertz CT molecular complexity index is 923. The largest absolute Gasteiger partial charge is 0.481 e. The van der Waals surface area contributed by atoms with Crippen molar-refractivity contribution in [2.75, 3.05) is 6.54 Å². The van der Waals surface area contributed by atoms with Crippen LogP contribution < -0.4 is 10.6 Å². The van der Waals surface area contributed by atoms with E-state index in [-0.39, 0.29) is 24.5 Å². The normalized spacial score (nSPS) is 28.8. The lowest BCUT2D eigenvalue weighted by Crippen LogP contribution is -2.59. The molecule has 4 atom stereocenters. The maximum Gasteiger partial charge on any atom is 0.449 e. The number of carboxylic acids is 1. The molecule has 11 heteroatoms. The first kappa shape index (κ1) is 25.1. The first-order valence-electron chi connectivity index (χ1n) is 10.9. The molecule has 1 saturated carbocycles. The fraction of sp³-hybridized carbons (Fsp3) is 0.682. The standard InChI is InChI=1S/C22H30F3N3O5/c1-20(2,3)27-12-5-7-15(21(4,11-12)19(31)32)28-10-9-13(18(28)30)26-17(29)14-6-8-16(33-14)22(23,24)25/h6,8,12-13,15,27H,5,7,9-11H2,1-4H3,(H,26,29)(H,31,32)/t12-,13+,15+,21-/m1/s1. The minimum absolute atomic E-state index is 0.0164. The minimum atomic E-state index is -4.72. The lowest BCUT2D eigenvalue weighted by atomic mass is 9.68. The topological polar surface area (TPSA) is 112 Å². The molecule has 0 radical (unpaired) electrons. The molecule has 3 N–H and O–H groups in total. The van der Waals surface area contributed by atoms with Gasteiger partial charge in [0.2, 0.25) is 11.7 Å². The average molecular weight is 473 g/mol. The number of aliphatic carboxylic acids is 1. The van der Waals surface area contributed by atoms with Crippen LogP contribution in [0.5, 0.6) is 0 Å². The van der Waals surface area contributed by atoms with Gasteiger partial charge in [0, 0.05) is 24.2 Å². The van der Waals surface area contributed by atoms with Gasteiger partial charge in [0.15, 0.2) is 5.76 Å². The summed E-state index contributed by atoms with van der Waals surface area (Å²) in [5.41, 5.74) is -1.37. The molecule has 1 aromatic heterocycles. The molecule has 2 fully saturated rings. The molecule has 2 aliphatic rings. The third-order valence-electron chi connectivity index (χ3n) is 6.35. The number of alkyl halides is 3. The lowest BCUT2D eigenvalue weighted by molar-refractivity contribution is -0.158. The first-order valence-corrected chi connectivity index (χ1v) is 10.9. The molecule has 0 bridgehead atoms. The Morgan fingerprint density at radius 2 is 1.85 bits per heavy atom. The summed E-state index contributed by atoms with van der Waals surface area (Å²) in [7, 11) is 0. The van der Waals surface area contributed by atoms with Crippen LogP contribution in [0, 0.1) is 5.41 Å². The number of carboxylic acid groups (broad SMARTS) is 1. The van der Waals surface area contributed by atoms with Crippen molar-refractivity contribution in [3.05, 3.63) is 23.7 Å². The van der Waals surface area contributed by atoms with Crippen molar-refractivity contribution in [1.29, 1.82) is 0 Å². The number of furan rings is 1. The number of likely N-dealkylation sites (tertiary alicyclic amines) is 1. The van der Waals surface area contributed by atoms with E-state index in [2.05, 4.69) is 15.1 Å². The Hall–Kier alpha value is -2.56. The summed E-state index contributed by atoms with van der Waals surface area (Å²) in [5, 5.41) is 15.9. The number of nitrogens with zero attached hydrogens (tertiary/aromatic N) is 1. The Balaban J connectivity index is 1.70. The molecule has 0 spiro atoms. The molecular weight excluding hydrogens is 443 g/mol. The van der Waals surface area contributed by atoms with Gasteiger partial charge < -0.3 is 25.1 Å². The van der Waals surface area contributed by atoms with E-state index >= 15 is 0 Å². The van der Waals surface area contributed by atoms with Crippen molar-refractivity contribution >= 4 is 17.8 Å². The van der Waals surface area contributed by atoms with Gasteiger partial charge in [-0.15, -0.1) is 0 Å². The molecule has 33 heavy (non-hydrogen) atoms. The number of hydrogen-bond acceptors (Lipinski definition) is 5. The molecule has 1 aliphatic carbocycles. The Morgan fingerprint density at radius 1 is 1.18 bits per heavy atom. The predicted octanol–water partition coefficient (Wildman–Crippen LogP) is 3.03. The van der Waals surface area contributed by atoms with E-state index in [0.29, 0.717) is 25.3 Å². The number of hydrogen-bond donors (Lipinski definition) is 3. The summed E-state index contributed by atoms with van der Waals surface area (Å²) >= 11 is 0. The molecule has 1 saturated heterocycles. The fourth-order valence-electron chi connectivity index (χ4n) is 4.88. The van der Waals surface area contributed by atoms with Crippen molar-refractivity contribution in [3.63, 3.8) is 0 Å². The zero-order chi connectivity index (χ0) is 24.8. The van der Waals surface area contributed by atoms with E-state index in [4.69, 9.17) is 0 Å². The van der Waals surface area contributed by atoms with Gasteiger partial charge in [0.25, 0.3) is 5.91 Å². The minimum Gasteiger partial charge on any atom is -0.481 e. The average Bonchev–Trinajstić information content (AvgIpc) is 3.29. The maximum absolute atomic E-state index is 13.0. The fourth-order valence-corrected chi connectivity index (χ4v) is 4.88. The molecule has 2 amide bonds. The van der Waals surface area contributed by atoms with Crippen molar-refractivity contribution in [2.45, 2.75) is 83.2 Å². The van der Waals surface area contributed by atoms with Gasteiger partial charge in [-0.05, 0) is 65.5 Å². The molecule has 8 nitrogen and oxygen atoms in total. The highest BCUT2D eigenvalue weighted by atomic mass is 19.4. The maximum atomic E-state index is 13.0. The van der Waals surface area contributed by atoms with Crippen LogP contribution in [-0.2, 0) is 15.8 Å². The number of amides is 2. The van der Waals surface area contributed by atoms with E-state index in [1.54, 1.807) is 6.92 Å². The summed E-state index contributed by atoms with van der Waals surface area (Å²) < 4.78 is 42.7. The van der Waals surface area contributed by atoms with Crippen molar-refractivity contribution in [1.82, 2.24) is 15.5 Å². The smallest absolute Gasteiger partial charge is 0.449 e. The van der Waals surface area contributed by atoms with Crippen molar-refractivity contribution in [3.8, 4) is 0 Å². The third kappa shape index (κ3) is 5.34. The molecule has 0 aromatic carbocycles. The summed E-state index contributed by atoms with van der Waals surface area (Å²) in [6.07, 6.45) is -2.97. The molecule has 1 aromatic rings. The summed E-state index contributed by atoms with van der Waals surface area (Å²) in [6, 6.07) is 0.0287. The van der Waals surface area contributed by atoms with Crippen LogP contribution in [0.4, 0.5) is 13.2 Å². The van der Waals surface area contributed by atoms with Gasteiger partial charge in [0.1, 0.15) is 6.04 Å². The van der Waals surface area contributed by atoms with Gasteiger partial charge in [-0.3, -0.25) is 14.4 Å². The van der Waals surface area contributed by atoms with Crippen LogP contribution in [-0.4, -0.2) is 58.0 Å². The van der Waals surface area contributed by atoms with Crippen LogP contribution in [0.3, 0.4) is 0 Å². The van der Waals surface area contributed by atoms with Crippen LogP contribution in [0.15, 0.2) is 16.5 Å². The Kier molecular flexibility index (Phi) is 6.58. The van der Waals surface area contributed by atoms with Crippen molar-refractivity contribution in [2.24, 2.45) is 5.41 Å². The van der Waals surface area contributed by atoms with Crippen LogP contribution in [0.1, 0.15) is 69.7 Å². The molecular formula is C22H30F3N3O5. The van der Waals surface area contributed by atoms with Crippen LogP contribution in [0.25, 0.3) is 0 Å². The van der Waals surface area contributed by atoms with Crippen LogP contribution in [0.2, 0.25) is 0 Å². The number of carbonyl (C=O) groups excluding carboxylic acids is 2. The second-order valence-electron chi connectivity index (χ2n) is 10.1. The Morgan fingerprint density at radius 3 is 2.39 bits per heavy atom. The van der Waals surface area contributed by atoms with E-state index in [0.717, 1.165) is 6.07 Å². The molecule has 0 unspecified atom stereocenters. The second kappa shape index (κ2) is 8.66. The van der Waals surface area contributed by atoms with Gasteiger partial charge in [-0.2, -0.15) is 13.2 Å². The van der Waals surface area contributed by atoms with E-state index < -0.39 is 53.0 Å². The number of carbonyl (C=O) groups is 3. The zero-order valence-electron chi connectivity index (χ0n) is 19.1. The van der Waals surface area contributed by atoms with E-state index in [1.807, 2.05) is 20.8 Å². The highest BCUT2D eigenvalue weighted by Crippen LogP contribution is 2.41. The molecule has 2 heterocycles. The lowest BCUT2D eigenvalue weighted by Gasteiger charge is -2.47. The number of halogens is 3. The van der Waals surface area contributed by atoms with Gasteiger partial charge in [-0.25, -0.2) is 0 Å². The second-order valence-corrected chi connectivity index (χ2v) is 10.1. The summed E-state index contributed by atoms with van der Waals surface area (Å²) in [6.45, 7) is 7.90. The molecule has 1 aliphatic heterocycles. The zero-order valence-corrected chi connectivity index (χ0v) is 19.1. The quantitative estimate of drug-likeness (QED) is 0.606. The highest BCUT2D eigenvalue weighted by molar-refractivity contribution is 5.96. The predicted molar refractivity (Wildman–Crippen MR) is 111 cm³/mol. The number of rotatable bonds is 5. The van der Waals surface area contributed by atoms with Gasteiger partial charge in [0.05, 0.1) is 5.41 Å². The summed E-state index contributed by atoms with van der Waals surface area (Å²) in [5.74, 6) is -4.21. The van der Waals surface area contributed by atoms with Gasteiger partial charge >= 0.3 is 12.1 Å². The summed E-state index contributed by atoms with van der Waals surface area (Å²) in [4.78, 5) is 39.1. The molecule has 184 valence electrons. The SMILES string of the molecule is CC(C)(C)N[C@@H]1CC[C@H](N2CC[C@H](NC(=O)c3ccc(C(F)(F)F)o3)C2=O)[C@](C)(C(=O)O)C1. The number of nitrogens with one attached hydrogen (secondary N) is 2. The third-order valence-corrected chi connectivity index (χ3v) is 6.35.